The van der Waals surface area contributed by atoms with Crippen molar-refractivity contribution >= 4 is 10.2 Å². The molecule has 6 heteroatoms. The van der Waals surface area contributed by atoms with Crippen molar-refractivity contribution in [3.05, 3.63) is 0 Å². The molecule has 1 saturated heterocycles. The molecule has 0 bridgehead atoms. The summed E-state index contributed by atoms with van der Waals surface area (Å²) < 4.78 is 27.1. The highest BCUT2D eigenvalue weighted by Crippen LogP contribution is 2.15. The molecule has 1 aliphatic rings. The average Bonchev–Trinajstić information content (AvgIpc) is 2.77. The van der Waals surface area contributed by atoms with Gasteiger partial charge in [0.2, 0.25) is 0 Å². The number of hydrogen-bond acceptors (Lipinski definition) is 3. The van der Waals surface area contributed by atoms with E-state index >= 15 is 0 Å². The van der Waals surface area contributed by atoms with Crippen molar-refractivity contribution in [2.24, 2.45) is 5.73 Å². The average molecular weight is 249 g/mol. The summed E-state index contributed by atoms with van der Waals surface area (Å²) in [6.45, 7) is 2.63. The Morgan fingerprint density at radius 2 is 1.81 bits per heavy atom. The quantitative estimate of drug-likeness (QED) is 0.664. The van der Waals surface area contributed by atoms with E-state index < -0.39 is 10.2 Å². The van der Waals surface area contributed by atoms with Gasteiger partial charge in [0.05, 0.1) is 0 Å². The molecule has 5 nitrogen and oxygen atoms in total. The molecule has 0 saturated carbocycles. The molecule has 2 N–H and O–H groups in total. The third kappa shape index (κ3) is 3.69. The lowest BCUT2D eigenvalue weighted by atomic mass is 10.2. The first kappa shape index (κ1) is 13.9. The van der Waals surface area contributed by atoms with Gasteiger partial charge in [0, 0.05) is 26.7 Å². The molecule has 1 aliphatic heterocycles. The van der Waals surface area contributed by atoms with E-state index in [0.717, 1.165) is 32.1 Å². The van der Waals surface area contributed by atoms with Gasteiger partial charge in [0.1, 0.15) is 0 Å². The smallest absolute Gasteiger partial charge is 0.281 e. The number of unbranched alkanes of at least 4 members (excludes halogenated alkanes) is 2. The summed E-state index contributed by atoms with van der Waals surface area (Å²) in [6.07, 6.45) is 4.83. The first-order valence-corrected chi connectivity index (χ1v) is 7.40. The summed E-state index contributed by atoms with van der Waals surface area (Å²) in [6, 6.07) is 0. The minimum atomic E-state index is -3.19. The fourth-order valence-electron chi connectivity index (χ4n) is 1.89. The first-order chi connectivity index (χ1) is 7.59. The molecule has 96 valence electrons. The Balaban J connectivity index is 2.36. The van der Waals surface area contributed by atoms with E-state index in [1.807, 2.05) is 0 Å². The Labute approximate surface area is 98.8 Å². The molecule has 0 aromatic carbocycles. The fraction of sp³-hybridized carbons (Fsp3) is 1.00. The maximum absolute atomic E-state index is 12.0. The maximum Gasteiger partial charge on any atom is 0.281 e. The van der Waals surface area contributed by atoms with Gasteiger partial charge in [-0.25, -0.2) is 0 Å². The second-order valence-electron chi connectivity index (χ2n) is 4.28. The van der Waals surface area contributed by atoms with Gasteiger partial charge < -0.3 is 5.73 Å². The number of nitrogens with two attached hydrogens (primary N) is 1. The van der Waals surface area contributed by atoms with Crippen molar-refractivity contribution in [1.82, 2.24) is 8.61 Å². The van der Waals surface area contributed by atoms with Crippen LogP contribution in [-0.2, 0) is 10.2 Å². The number of hydrogen-bond donors (Lipinski definition) is 1. The van der Waals surface area contributed by atoms with Gasteiger partial charge >= 0.3 is 0 Å². The van der Waals surface area contributed by atoms with Crippen LogP contribution in [0, 0.1) is 0 Å². The fourth-order valence-corrected chi connectivity index (χ4v) is 3.36. The zero-order chi connectivity index (χ0) is 12.0. The van der Waals surface area contributed by atoms with Gasteiger partial charge in [-0.05, 0) is 32.2 Å². The van der Waals surface area contributed by atoms with Gasteiger partial charge in [0.25, 0.3) is 10.2 Å². The lowest BCUT2D eigenvalue weighted by Crippen LogP contribution is -2.40. The van der Waals surface area contributed by atoms with Crippen LogP contribution < -0.4 is 5.73 Å². The normalized spacial score (nSPS) is 18.4. The lowest BCUT2D eigenvalue weighted by molar-refractivity contribution is 0.388. The van der Waals surface area contributed by atoms with Gasteiger partial charge in [-0.2, -0.15) is 17.0 Å². The second kappa shape index (κ2) is 6.54. The predicted molar refractivity (Wildman–Crippen MR) is 65.3 cm³/mol. The molecular weight excluding hydrogens is 226 g/mol. The molecule has 0 spiro atoms. The monoisotopic (exact) mass is 249 g/mol. The Hall–Kier alpha value is -0.170. The molecule has 0 aromatic rings. The largest absolute Gasteiger partial charge is 0.330 e. The maximum atomic E-state index is 12.0. The van der Waals surface area contributed by atoms with Crippen molar-refractivity contribution in [3.63, 3.8) is 0 Å². The topological polar surface area (TPSA) is 66.6 Å². The first-order valence-electron chi connectivity index (χ1n) is 6.00. The van der Waals surface area contributed by atoms with Gasteiger partial charge in [-0.1, -0.05) is 6.42 Å². The minimum Gasteiger partial charge on any atom is -0.330 e. The summed E-state index contributed by atoms with van der Waals surface area (Å²) in [7, 11) is -1.53. The van der Waals surface area contributed by atoms with Crippen LogP contribution >= 0.6 is 0 Å². The van der Waals surface area contributed by atoms with Crippen LogP contribution in [0.5, 0.6) is 0 Å². The van der Waals surface area contributed by atoms with E-state index in [1.165, 1.54) is 4.31 Å². The molecule has 0 aromatic heterocycles. The second-order valence-corrected chi connectivity index (χ2v) is 6.32. The van der Waals surface area contributed by atoms with E-state index in [0.29, 0.717) is 26.2 Å². The molecule has 0 radical (unpaired) electrons. The molecule has 1 fully saturated rings. The Bertz CT molecular complexity index is 286. The molecule has 0 unspecified atom stereocenters. The SMILES string of the molecule is CN(CCCCCN)S(=O)(=O)N1CCCC1. The van der Waals surface area contributed by atoms with Crippen LogP contribution in [0.25, 0.3) is 0 Å². The van der Waals surface area contributed by atoms with Crippen LogP contribution in [0.2, 0.25) is 0 Å². The van der Waals surface area contributed by atoms with Gasteiger partial charge in [0.15, 0.2) is 0 Å². The Morgan fingerprint density at radius 1 is 1.19 bits per heavy atom. The summed E-state index contributed by atoms with van der Waals surface area (Å²) in [5.74, 6) is 0. The Kier molecular flexibility index (Phi) is 5.68. The van der Waals surface area contributed by atoms with Crippen LogP contribution in [0.1, 0.15) is 32.1 Å². The van der Waals surface area contributed by atoms with Crippen molar-refractivity contribution < 1.29 is 8.42 Å². The zero-order valence-corrected chi connectivity index (χ0v) is 10.9. The van der Waals surface area contributed by atoms with Crippen molar-refractivity contribution in [2.45, 2.75) is 32.1 Å². The van der Waals surface area contributed by atoms with Crippen molar-refractivity contribution in [2.75, 3.05) is 33.2 Å². The molecule has 1 heterocycles. The predicted octanol–water partition coefficient (Wildman–Crippen LogP) is 0.388. The molecular formula is C10H23N3O2S. The van der Waals surface area contributed by atoms with E-state index in [4.69, 9.17) is 5.73 Å². The third-order valence-corrected chi connectivity index (χ3v) is 4.95. The number of nitrogens with zero attached hydrogens (tertiary/aromatic N) is 2. The lowest BCUT2D eigenvalue weighted by Gasteiger charge is -2.23. The molecule has 0 amide bonds. The van der Waals surface area contributed by atoms with Crippen LogP contribution in [0.4, 0.5) is 0 Å². The summed E-state index contributed by atoms with van der Waals surface area (Å²) in [5.41, 5.74) is 5.39. The molecule has 1 rings (SSSR count). The standard InChI is InChI=1S/C10H23N3O2S/c1-12(8-4-2-3-7-11)16(14,15)13-9-5-6-10-13/h2-11H2,1H3. The molecule has 0 atom stereocenters. The highest BCUT2D eigenvalue weighted by molar-refractivity contribution is 7.86. The van der Waals surface area contributed by atoms with Gasteiger partial charge in [-0.3, -0.25) is 0 Å². The number of rotatable bonds is 7. The van der Waals surface area contributed by atoms with E-state index in [1.54, 1.807) is 11.4 Å². The van der Waals surface area contributed by atoms with Crippen LogP contribution in [0.3, 0.4) is 0 Å². The summed E-state index contributed by atoms with van der Waals surface area (Å²) in [5, 5.41) is 0. The third-order valence-electron chi connectivity index (χ3n) is 2.96. The van der Waals surface area contributed by atoms with Crippen LogP contribution in [-0.4, -0.2) is 50.3 Å². The minimum absolute atomic E-state index is 0.596. The van der Waals surface area contributed by atoms with E-state index in [2.05, 4.69) is 0 Å². The zero-order valence-electron chi connectivity index (χ0n) is 10.1. The molecule has 16 heavy (non-hydrogen) atoms. The van der Waals surface area contributed by atoms with Crippen molar-refractivity contribution in [3.8, 4) is 0 Å². The van der Waals surface area contributed by atoms with Gasteiger partial charge in [-0.15, -0.1) is 0 Å². The van der Waals surface area contributed by atoms with Crippen molar-refractivity contribution in [1.29, 1.82) is 0 Å². The summed E-state index contributed by atoms with van der Waals surface area (Å²) >= 11 is 0. The van der Waals surface area contributed by atoms with E-state index in [9.17, 15) is 8.42 Å². The molecule has 0 aliphatic carbocycles. The highest BCUT2D eigenvalue weighted by atomic mass is 32.2. The van der Waals surface area contributed by atoms with E-state index in [-0.39, 0.29) is 0 Å². The Morgan fingerprint density at radius 3 is 2.38 bits per heavy atom. The summed E-state index contributed by atoms with van der Waals surface area (Å²) in [4.78, 5) is 0. The highest BCUT2D eigenvalue weighted by Gasteiger charge is 2.28. The van der Waals surface area contributed by atoms with Crippen LogP contribution in [0.15, 0.2) is 0 Å².